The van der Waals surface area contributed by atoms with Gasteiger partial charge in [0, 0.05) is 38.2 Å². The van der Waals surface area contributed by atoms with E-state index < -0.39 is 5.97 Å². The van der Waals surface area contributed by atoms with Gasteiger partial charge in [-0.2, -0.15) is 0 Å². The van der Waals surface area contributed by atoms with Crippen molar-refractivity contribution in [2.24, 2.45) is 5.92 Å². The van der Waals surface area contributed by atoms with Crippen LogP contribution in [0, 0.1) is 5.92 Å². The molecule has 0 saturated carbocycles. The SMILES string of the molecule is CCN(CCC(=O)O)C(=O)c1ccc(CN(C)C(=O)C(C)C)cc1. The second kappa shape index (κ2) is 9.05. The summed E-state index contributed by atoms with van der Waals surface area (Å²) in [7, 11) is 1.76. The van der Waals surface area contributed by atoms with Crippen molar-refractivity contribution in [2.75, 3.05) is 20.1 Å². The third-order valence-electron chi connectivity index (χ3n) is 3.76. The molecule has 2 amide bonds. The van der Waals surface area contributed by atoms with Gasteiger partial charge in [0.25, 0.3) is 5.91 Å². The van der Waals surface area contributed by atoms with Crippen LogP contribution >= 0.6 is 0 Å². The Kier molecular flexibility index (Phi) is 7.42. The minimum atomic E-state index is -0.922. The summed E-state index contributed by atoms with van der Waals surface area (Å²) < 4.78 is 0. The first-order valence-electron chi connectivity index (χ1n) is 8.11. The number of amides is 2. The molecule has 1 aromatic rings. The molecule has 0 saturated heterocycles. The molecule has 0 radical (unpaired) electrons. The summed E-state index contributed by atoms with van der Waals surface area (Å²) in [5.74, 6) is -1.09. The minimum absolute atomic E-state index is 0.0526. The number of nitrogens with zero attached hydrogens (tertiary/aromatic N) is 2. The minimum Gasteiger partial charge on any atom is -0.481 e. The Labute approximate surface area is 143 Å². The maximum Gasteiger partial charge on any atom is 0.305 e. The van der Waals surface area contributed by atoms with Crippen LogP contribution in [0.2, 0.25) is 0 Å². The van der Waals surface area contributed by atoms with Gasteiger partial charge < -0.3 is 14.9 Å². The van der Waals surface area contributed by atoms with Crippen LogP contribution in [0.1, 0.15) is 43.1 Å². The molecule has 6 nitrogen and oxygen atoms in total. The average Bonchev–Trinajstić information content (AvgIpc) is 2.54. The van der Waals surface area contributed by atoms with Gasteiger partial charge in [0.15, 0.2) is 0 Å². The number of benzene rings is 1. The summed E-state index contributed by atoms with van der Waals surface area (Å²) in [6, 6.07) is 7.08. The van der Waals surface area contributed by atoms with Gasteiger partial charge in [-0.25, -0.2) is 0 Å². The summed E-state index contributed by atoms with van der Waals surface area (Å²) in [6.07, 6.45) is -0.0697. The van der Waals surface area contributed by atoms with E-state index in [0.717, 1.165) is 5.56 Å². The zero-order chi connectivity index (χ0) is 18.3. The van der Waals surface area contributed by atoms with E-state index in [1.807, 2.05) is 32.9 Å². The number of hydrogen-bond acceptors (Lipinski definition) is 3. The van der Waals surface area contributed by atoms with Crippen molar-refractivity contribution in [3.05, 3.63) is 35.4 Å². The molecule has 1 aromatic carbocycles. The van der Waals surface area contributed by atoms with E-state index in [4.69, 9.17) is 5.11 Å². The fourth-order valence-corrected chi connectivity index (χ4v) is 2.36. The Bertz CT molecular complexity index is 581. The van der Waals surface area contributed by atoms with Crippen LogP contribution in [0.15, 0.2) is 24.3 Å². The second-order valence-corrected chi connectivity index (χ2v) is 6.07. The lowest BCUT2D eigenvalue weighted by Crippen LogP contribution is -2.33. The van der Waals surface area contributed by atoms with Gasteiger partial charge in [0.05, 0.1) is 6.42 Å². The zero-order valence-electron chi connectivity index (χ0n) is 14.8. The Hall–Kier alpha value is -2.37. The first kappa shape index (κ1) is 19.7. The van der Waals surface area contributed by atoms with Crippen molar-refractivity contribution in [1.82, 2.24) is 9.80 Å². The smallest absolute Gasteiger partial charge is 0.305 e. The zero-order valence-corrected chi connectivity index (χ0v) is 14.8. The van der Waals surface area contributed by atoms with Gasteiger partial charge in [-0.05, 0) is 24.6 Å². The summed E-state index contributed by atoms with van der Waals surface area (Å²) >= 11 is 0. The van der Waals surface area contributed by atoms with Gasteiger partial charge >= 0.3 is 5.97 Å². The number of aliphatic carboxylic acids is 1. The van der Waals surface area contributed by atoms with Crippen LogP contribution in [0.4, 0.5) is 0 Å². The van der Waals surface area contributed by atoms with Crippen molar-refractivity contribution in [3.63, 3.8) is 0 Å². The predicted molar refractivity (Wildman–Crippen MR) is 91.6 cm³/mol. The molecule has 0 bridgehead atoms. The molecular weight excluding hydrogens is 308 g/mol. The second-order valence-electron chi connectivity index (χ2n) is 6.07. The molecule has 0 aliphatic rings. The van der Waals surface area contributed by atoms with Gasteiger partial charge in [-0.15, -0.1) is 0 Å². The maximum atomic E-state index is 12.4. The summed E-state index contributed by atoms with van der Waals surface area (Å²) in [4.78, 5) is 38.1. The van der Waals surface area contributed by atoms with Crippen LogP contribution in [-0.2, 0) is 16.1 Å². The number of rotatable bonds is 8. The molecule has 1 N–H and O–H groups in total. The van der Waals surface area contributed by atoms with Crippen LogP contribution < -0.4 is 0 Å². The third kappa shape index (κ3) is 5.68. The van der Waals surface area contributed by atoms with Crippen molar-refractivity contribution < 1.29 is 19.5 Å². The first-order valence-corrected chi connectivity index (χ1v) is 8.11. The summed E-state index contributed by atoms with van der Waals surface area (Å²) in [5.41, 5.74) is 1.46. The molecular formula is C18H26N2O4. The third-order valence-corrected chi connectivity index (χ3v) is 3.76. The van der Waals surface area contributed by atoms with Gasteiger partial charge in [-0.3, -0.25) is 14.4 Å². The largest absolute Gasteiger partial charge is 0.481 e. The number of hydrogen-bond donors (Lipinski definition) is 1. The molecule has 0 aliphatic heterocycles. The maximum absolute atomic E-state index is 12.4. The predicted octanol–water partition coefficient (Wildman–Crippen LogP) is 2.24. The highest BCUT2D eigenvalue weighted by Gasteiger charge is 2.16. The molecule has 132 valence electrons. The quantitative estimate of drug-likeness (QED) is 0.791. The Morgan fingerprint density at radius 1 is 1.12 bits per heavy atom. The number of carboxylic acids is 1. The van der Waals surface area contributed by atoms with Gasteiger partial charge in [0.1, 0.15) is 0 Å². The molecule has 6 heteroatoms. The topological polar surface area (TPSA) is 77.9 Å². The van der Waals surface area contributed by atoms with Crippen LogP contribution in [0.3, 0.4) is 0 Å². The molecule has 0 aliphatic carbocycles. The highest BCUT2D eigenvalue weighted by Crippen LogP contribution is 2.11. The van der Waals surface area contributed by atoms with Crippen LogP contribution in [0.5, 0.6) is 0 Å². The molecule has 0 spiro atoms. The lowest BCUT2D eigenvalue weighted by Gasteiger charge is -2.21. The monoisotopic (exact) mass is 334 g/mol. The van der Waals surface area contributed by atoms with Crippen molar-refractivity contribution >= 4 is 17.8 Å². The van der Waals surface area contributed by atoms with E-state index in [1.165, 1.54) is 4.90 Å². The standard InChI is InChI=1S/C18H26N2O4/c1-5-20(11-10-16(21)22)18(24)15-8-6-14(7-9-15)12-19(4)17(23)13(2)3/h6-9,13H,5,10-12H2,1-4H3,(H,21,22). The molecule has 0 aromatic heterocycles. The molecule has 1 rings (SSSR count). The number of carbonyl (C=O) groups excluding carboxylic acids is 2. The molecule has 0 atom stereocenters. The normalized spacial score (nSPS) is 10.5. The first-order chi connectivity index (χ1) is 11.3. The lowest BCUT2D eigenvalue weighted by atomic mass is 10.1. The van der Waals surface area contributed by atoms with Crippen molar-refractivity contribution in [1.29, 1.82) is 0 Å². The molecule has 24 heavy (non-hydrogen) atoms. The Balaban J connectivity index is 2.73. The Morgan fingerprint density at radius 3 is 2.17 bits per heavy atom. The molecule has 0 heterocycles. The summed E-state index contributed by atoms with van der Waals surface area (Å²) in [5, 5.41) is 8.74. The van der Waals surface area contributed by atoms with Gasteiger partial charge in [0.2, 0.25) is 5.91 Å². The molecule has 0 unspecified atom stereocenters. The van der Waals surface area contributed by atoms with Crippen LogP contribution in [-0.4, -0.2) is 52.8 Å². The van der Waals surface area contributed by atoms with Crippen molar-refractivity contribution in [2.45, 2.75) is 33.7 Å². The lowest BCUT2D eigenvalue weighted by molar-refractivity contribution is -0.137. The number of carbonyl (C=O) groups is 3. The highest BCUT2D eigenvalue weighted by molar-refractivity contribution is 5.94. The Morgan fingerprint density at radius 2 is 1.71 bits per heavy atom. The fraction of sp³-hybridized carbons (Fsp3) is 0.500. The number of carboxylic acid groups (broad SMARTS) is 1. The van der Waals surface area contributed by atoms with E-state index in [0.29, 0.717) is 18.7 Å². The van der Waals surface area contributed by atoms with E-state index in [2.05, 4.69) is 0 Å². The van der Waals surface area contributed by atoms with Crippen molar-refractivity contribution in [3.8, 4) is 0 Å². The van der Waals surface area contributed by atoms with E-state index in [-0.39, 0.29) is 30.7 Å². The van der Waals surface area contributed by atoms with Crippen LogP contribution in [0.25, 0.3) is 0 Å². The van der Waals surface area contributed by atoms with E-state index in [9.17, 15) is 14.4 Å². The molecule has 0 fully saturated rings. The highest BCUT2D eigenvalue weighted by atomic mass is 16.4. The van der Waals surface area contributed by atoms with E-state index in [1.54, 1.807) is 24.1 Å². The fourth-order valence-electron chi connectivity index (χ4n) is 2.36. The van der Waals surface area contributed by atoms with Gasteiger partial charge in [-0.1, -0.05) is 26.0 Å². The average molecular weight is 334 g/mol. The van der Waals surface area contributed by atoms with E-state index >= 15 is 0 Å². The summed E-state index contributed by atoms with van der Waals surface area (Å²) in [6.45, 7) is 6.67.